The van der Waals surface area contributed by atoms with Crippen molar-refractivity contribution < 1.29 is 14.4 Å². The predicted octanol–water partition coefficient (Wildman–Crippen LogP) is 1.95. The fraction of sp³-hybridized carbons (Fsp3) is 0.167. The molecule has 0 saturated carbocycles. The fourth-order valence-corrected chi connectivity index (χ4v) is 2.26. The third-order valence-electron chi connectivity index (χ3n) is 3.50. The summed E-state index contributed by atoms with van der Waals surface area (Å²) in [5, 5.41) is 2.50. The van der Waals surface area contributed by atoms with Crippen molar-refractivity contribution in [1.29, 1.82) is 0 Å². The van der Waals surface area contributed by atoms with Crippen molar-refractivity contribution in [3.8, 4) is 0 Å². The molecule has 0 radical (unpaired) electrons. The van der Waals surface area contributed by atoms with Crippen LogP contribution in [0.1, 0.15) is 17.5 Å². The molecule has 1 heterocycles. The van der Waals surface area contributed by atoms with E-state index in [1.807, 2.05) is 31.2 Å². The Labute approximate surface area is 135 Å². The van der Waals surface area contributed by atoms with Gasteiger partial charge in [0.15, 0.2) is 0 Å². The Hall–Kier alpha value is -2.95. The van der Waals surface area contributed by atoms with E-state index in [0.717, 1.165) is 22.1 Å². The maximum Gasteiger partial charge on any atom is 0.258 e. The Bertz CT molecular complexity index is 714. The van der Waals surface area contributed by atoms with Gasteiger partial charge in [0.25, 0.3) is 5.91 Å². The molecule has 0 saturated heterocycles. The van der Waals surface area contributed by atoms with Gasteiger partial charge in [0.05, 0.1) is 5.70 Å². The van der Waals surface area contributed by atoms with Crippen LogP contribution in [0.4, 0.5) is 0 Å². The molecule has 0 fully saturated rings. The van der Waals surface area contributed by atoms with Crippen LogP contribution < -0.4 is 5.32 Å². The Balaban J connectivity index is 2.06. The van der Waals surface area contributed by atoms with E-state index in [9.17, 15) is 14.4 Å². The van der Waals surface area contributed by atoms with E-state index in [2.05, 4.69) is 18.5 Å². The lowest BCUT2D eigenvalue weighted by Crippen LogP contribution is -2.34. The zero-order chi connectivity index (χ0) is 17.0. The number of nitrogens with zero attached hydrogens (tertiary/aromatic N) is 1. The quantitative estimate of drug-likeness (QED) is 0.845. The number of hydrogen-bond donors (Lipinski definition) is 1. The molecule has 5 heteroatoms. The monoisotopic (exact) mass is 310 g/mol. The number of allylic oxidation sites excluding steroid dienone is 1. The van der Waals surface area contributed by atoms with E-state index in [1.54, 1.807) is 0 Å². The maximum atomic E-state index is 12.2. The molecule has 1 aromatic carbocycles. The molecule has 5 nitrogen and oxygen atoms in total. The number of rotatable bonds is 5. The zero-order valence-corrected chi connectivity index (χ0v) is 13.0. The van der Waals surface area contributed by atoms with Crippen molar-refractivity contribution in [3.05, 3.63) is 66.4 Å². The minimum absolute atomic E-state index is 0.0133. The third-order valence-corrected chi connectivity index (χ3v) is 3.50. The Morgan fingerprint density at radius 2 is 1.91 bits per heavy atom. The molecule has 0 aromatic heterocycles. The molecule has 1 N–H and O–H groups in total. The first-order valence-corrected chi connectivity index (χ1v) is 7.19. The van der Waals surface area contributed by atoms with E-state index < -0.39 is 11.8 Å². The molecule has 0 bridgehead atoms. The van der Waals surface area contributed by atoms with Gasteiger partial charge in [-0.3, -0.25) is 14.4 Å². The van der Waals surface area contributed by atoms with Crippen molar-refractivity contribution in [2.75, 3.05) is 6.54 Å². The second kappa shape index (κ2) is 6.87. The van der Waals surface area contributed by atoms with E-state index in [4.69, 9.17) is 0 Å². The van der Waals surface area contributed by atoms with Crippen LogP contribution in [0.5, 0.6) is 0 Å². The average Bonchev–Trinajstić information content (AvgIpc) is 2.82. The standard InChI is InChI=1S/C18H18N2O3/c1-4-16(21)19-10-9-17(22)20-13(3)15(11-18(20)23)14-7-5-12(2)6-8-14/h4-8,11H,1,3,9-10H2,2H3,(H,19,21). The van der Waals surface area contributed by atoms with E-state index >= 15 is 0 Å². The minimum atomic E-state index is -0.411. The molecule has 2 rings (SSSR count). The Morgan fingerprint density at radius 1 is 1.26 bits per heavy atom. The molecule has 0 atom stereocenters. The molecule has 1 aliphatic rings. The number of imide groups is 1. The Morgan fingerprint density at radius 3 is 2.52 bits per heavy atom. The highest BCUT2D eigenvalue weighted by Crippen LogP contribution is 2.31. The van der Waals surface area contributed by atoms with E-state index in [-0.39, 0.29) is 18.9 Å². The van der Waals surface area contributed by atoms with E-state index in [0.29, 0.717) is 11.3 Å². The fourth-order valence-electron chi connectivity index (χ4n) is 2.26. The van der Waals surface area contributed by atoms with Gasteiger partial charge >= 0.3 is 0 Å². The summed E-state index contributed by atoms with van der Waals surface area (Å²) >= 11 is 0. The summed E-state index contributed by atoms with van der Waals surface area (Å²) in [5.41, 5.74) is 2.94. The summed E-state index contributed by atoms with van der Waals surface area (Å²) in [6.07, 6.45) is 2.55. The number of benzene rings is 1. The van der Waals surface area contributed by atoms with Crippen LogP contribution >= 0.6 is 0 Å². The number of carbonyl (C=O) groups is 3. The third kappa shape index (κ3) is 3.63. The van der Waals surface area contributed by atoms with Crippen molar-refractivity contribution in [2.45, 2.75) is 13.3 Å². The van der Waals surface area contributed by atoms with Crippen molar-refractivity contribution >= 4 is 23.3 Å². The van der Waals surface area contributed by atoms with Gasteiger partial charge < -0.3 is 5.32 Å². The summed E-state index contributed by atoms with van der Waals surface area (Å²) in [6.45, 7) is 9.30. The number of amides is 3. The number of aryl methyl sites for hydroxylation is 1. The van der Waals surface area contributed by atoms with Crippen LogP contribution in [0.3, 0.4) is 0 Å². The van der Waals surface area contributed by atoms with Crippen molar-refractivity contribution in [2.24, 2.45) is 0 Å². The Kier molecular flexibility index (Phi) is 4.91. The molecule has 0 unspecified atom stereocenters. The van der Waals surface area contributed by atoms with Gasteiger partial charge in [-0.25, -0.2) is 4.90 Å². The molecule has 0 spiro atoms. The lowest BCUT2D eigenvalue weighted by atomic mass is 10.0. The highest BCUT2D eigenvalue weighted by Gasteiger charge is 2.31. The lowest BCUT2D eigenvalue weighted by Gasteiger charge is -2.17. The van der Waals surface area contributed by atoms with Gasteiger partial charge in [0.2, 0.25) is 11.8 Å². The van der Waals surface area contributed by atoms with Crippen LogP contribution in [0.15, 0.2) is 55.3 Å². The summed E-state index contributed by atoms with van der Waals surface area (Å²) in [4.78, 5) is 36.4. The van der Waals surface area contributed by atoms with Crippen molar-refractivity contribution in [1.82, 2.24) is 10.2 Å². The first kappa shape index (κ1) is 16.4. The summed E-state index contributed by atoms with van der Waals surface area (Å²) < 4.78 is 0. The summed E-state index contributed by atoms with van der Waals surface area (Å²) in [7, 11) is 0. The highest BCUT2D eigenvalue weighted by molar-refractivity contribution is 6.14. The number of carbonyl (C=O) groups excluding carboxylic acids is 3. The molecule has 23 heavy (non-hydrogen) atoms. The van der Waals surface area contributed by atoms with Crippen LogP contribution in [0.2, 0.25) is 0 Å². The van der Waals surface area contributed by atoms with Gasteiger partial charge in [-0.15, -0.1) is 0 Å². The highest BCUT2D eigenvalue weighted by atomic mass is 16.2. The maximum absolute atomic E-state index is 12.2. The topological polar surface area (TPSA) is 66.5 Å². The predicted molar refractivity (Wildman–Crippen MR) is 88.0 cm³/mol. The molecular formula is C18H18N2O3. The van der Waals surface area contributed by atoms with E-state index in [1.165, 1.54) is 6.08 Å². The molecule has 1 aliphatic heterocycles. The average molecular weight is 310 g/mol. The SMILES string of the molecule is C=CC(=O)NCCC(=O)N1C(=C)C(c2ccc(C)cc2)=CC1=O. The minimum Gasteiger partial charge on any atom is -0.352 e. The van der Waals surface area contributed by atoms with Gasteiger partial charge in [-0.2, -0.15) is 0 Å². The second-order valence-corrected chi connectivity index (χ2v) is 5.18. The normalized spacial score (nSPS) is 13.8. The lowest BCUT2D eigenvalue weighted by molar-refractivity contribution is -0.138. The molecular weight excluding hydrogens is 292 g/mol. The molecule has 0 aliphatic carbocycles. The zero-order valence-electron chi connectivity index (χ0n) is 13.0. The van der Waals surface area contributed by atoms with Crippen LogP contribution in [-0.4, -0.2) is 29.2 Å². The smallest absolute Gasteiger partial charge is 0.258 e. The first-order chi connectivity index (χ1) is 10.9. The largest absolute Gasteiger partial charge is 0.352 e. The molecule has 118 valence electrons. The van der Waals surface area contributed by atoms with Crippen LogP contribution in [0, 0.1) is 6.92 Å². The number of nitrogens with one attached hydrogen (secondary N) is 1. The van der Waals surface area contributed by atoms with Gasteiger partial charge in [-0.1, -0.05) is 43.0 Å². The molecule has 1 aromatic rings. The first-order valence-electron chi connectivity index (χ1n) is 7.19. The second-order valence-electron chi connectivity index (χ2n) is 5.18. The van der Waals surface area contributed by atoms with Gasteiger partial charge in [0.1, 0.15) is 0 Å². The van der Waals surface area contributed by atoms with Crippen LogP contribution in [-0.2, 0) is 14.4 Å². The van der Waals surface area contributed by atoms with Gasteiger partial charge in [0, 0.05) is 24.6 Å². The van der Waals surface area contributed by atoms with Crippen LogP contribution in [0.25, 0.3) is 5.57 Å². The summed E-state index contributed by atoms with van der Waals surface area (Å²) in [6, 6.07) is 7.64. The number of hydrogen-bond acceptors (Lipinski definition) is 3. The van der Waals surface area contributed by atoms with Crippen molar-refractivity contribution in [3.63, 3.8) is 0 Å². The van der Waals surface area contributed by atoms with Gasteiger partial charge in [-0.05, 0) is 18.6 Å². The molecule has 3 amide bonds. The summed E-state index contributed by atoms with van der Waals surface area (Å²) in [5.74, 6) is -1.17.